The summed E-state index contributed by atoms with van der Waals surface area (Å²) < 4.78 is 32.6. The van der Waals surface area contributed by atoms with E-state index in [-0.39, 0.29) is 23.8 Å². The second-order valence-corrected chi connectivity index (χ2v) is 7.92. The molecule has 2 aromatic heterocycles. The van der Waals surface area contributed by atoms with E-state index in [1.807, 2.05) is 26.0 Å². The first-order chi connectivity index (χ1) is 16.8. The first-order valence-corrected chi connectivity index (χ1v) is 10.8. The summed E-state index contributed by atoms with van der Waals surface area (Å²) in [6.45, 7) is 3.68. The van der Waals surface area contributed by atoms with Crippen LogP contribution in [0.25, 0.3) is 22.5 Å². The van der Waals surface area contributed by atoms with Crippen LogP contribution in [0.15, 0.2) is 54.6 Å². The molecule has 0 aliphatic carbocycles. The van der Waals surface area contributed by atoms with Gasteiger partial charge in [-0.15, -0.1) is 0 Å². The minimum Gasteiger partial charge on any atom is -0.493 e. The Morgan fingerprint density at radius 3 is 2.26 bits per heavy atom. The molecule has 0 radical (unpaired) electrons. The summed E-state index contributed by atoms with van der Waals surface area (Å²) in [5, 5.41) is 2.70. The summed E-state index contributed by atoms with van der Waals surface area (Å²) in [6.07, 6.45) is 0. The third-order valence-electron chi connectivity index (χ3n) is 5.30. The number of pyridine rings is 1. The maximum Gasteiger partial charge on any atom is 0.274 e. The summed E-state index contributed by atoms with van der Waals surface area (Å²) in [5.74, 6) is -1.57. The fraction of sp³-hybridized carbons (Fsp3) is 0.154. The Balaban J connectivity index is 1.76. The van der Waals surface area contributed by atoms with Crippen LogP contribution in [0.4, 0.5) is 14.6 Å². The first-order valence-electron chi connectivity index (χ1n) is 10.8. The fourth-order valence-corrected chi connectivity index (χ4v) is 3.78. The van der Waals surface area contributed by atoms with Crippen LogP contribution >= 0.6 is 0 Å². The van der Waals surface area contributed by atoms with Crippen molar-refractivity contribution in [3.8, 4) is 28.3 Å². The molecule has 0 bridgehead atoms. The molecule has 3 N–H and O–H groups in total. The Morgan fingerprint density at radius 2 is 1.60 bits per heavy atom. The molecule has 0 spiro atoms. The summed E-state index contributed by atoms with van der Waals surface area (Å²) in [6, 6.07) is 13.8. The number of hydrogen-bond acceptors (Lipinski definition) is 6. The number of hydrogen-bond donors (Lipinski definition) is 2. The minimum absolute atomic E-state index is 0.0105. The van der Waals surface area contributed by atoms with E-state index in [4.69, 9.17) is 10.5 Å². The van der Waals surface area contributed by atoms with E-state index in [1.54, 1.807) is 18.2 Å². The van der Waals surface area contributed by atoms with E-state index in [9.17, 15) is 13.6 Å². The monoisotopic (exact) mass is 475 g/mol. The Kier molecular flexibility index (Phi) is 6.68. The number of nitrogens with one attached hydrogen (secondary N) is 1. The molecular formula is C26H23F2N5O2. The van der Waals surface area contributed by atoms with Crippen LogP contribution in [0, 0.1) is 25.5 Å². The quantitative estimate of drug-likeness (QED) is 0.422. The fourth-order valence-electron chi connectivity index (χ4n) is 3.78. The number of rotatable bonds is 6. The summed E-state index contributed by atoms with van der Waals surface area (Å²) >= 11 is 0. The largest absolute Gasteiger partial charge is 0.493 e. The smallest absolute Gasteiger partial charge is 0.274 e. The van der Waals surface area contributed by atoms with Crippen LogP contribution in [0.1, 0.15) is 27.4 Å². The molecule has 0 aliphatic heterocycles. The van der Waals surface area contributed by atoms with Gasteiger partial charge in [-0.2, -0.15) is 0 Å². The molecular weight excluding hydrogens is 452 g/mol. The number of amides is 1. The molecule has 0 saturated heterocycles. The van der Waals surface area contributed by atoms with Gasteiger partial charge >= 0.3 is 0 Å². The van der Waals surface area contributed by atoms with Crippen molar-refractivity contribution in [3.05, 3.63) is 88.9 Å². The predicted molar refractivity (Wildman–Crippen MR) is 129 cm³/mol. The number of benzene rings is 2. The average Bonchev–Trinajstić information content (AvgIpc) is 2.82. The highest BCUT2D eigenvalue weighted by Crippen LogP contribution is 2.32. The lowest BCUT2D eigenvalue weighted by Gasteiger charge is -2.14. The third kappa shape index (κ3) is 5.08. The number of aryl methyl sites for hydroxylation is 2. The molecule has 35 heavy (non-hydrogen) atoms. The number of carbonyl (C=O) groups is 1. The molecule has 4 aromatic rings. The number of nitrogens with two attached hydrogens (primary N) is 1. The van der Waals surface area contributed by atoms with Crippen LogP contribution in [0.2, 0.25) is 0 Å². The molecule has 2 aromatic carbocycles. The normalized spacial score (nSPS) is 10.8. The van der Waals surface area contributed by atoms with Crippen molar-refractivity contribution < 1.29 is 18.3 Å². The van der Waals surface area contributed by atoms with E-state index in [0.29, 0.717) is 28.1 Å². The molecule has 2 heterocycles. The van der Waals surface area contributed by atoms with E-state index in [0.717, 1.165) is 11.4 Å². The van der Waals surface area contributed by atoms with Gasteiger partial charge in [-0.25, -0.2) is 18.7 Å². The zero-order chi connectivity index (χ0) is 25.1. The van der Waals surface area contributed by atoms with Gasteiger partial charge in [0.1, 0.15) is 5.82 Å². The zero-order valence-corrected chi connectivity index (χ0v) is 19.4. The molecule has 0 saturated carbocycles. The second kappa shape index (κ2) is 9.84. The van der Waals surface area contributed by atoms with Crippen molar-refractivity contribution in [1.29, 1.82) is 0 Å². The zero-order valence-electron chi connectivity index (χ0n) is 19.4. The van der Waals surface area contributed by atoms with Gasteiger partial charge in [0.05, 0.1) is 18.5 Å². The second-order valence-electron chi connectivity index (χ2n) is 7.92. The number of halogens is 2. The predicted octanol–water partition coefficient (Wildman–Crippen LogP) is 4.62. The van der Waals surface area contributed by atoms with Gasteiger partial charge in [0.2, 0.25) is 0 Å². The SMILES string of the molecule is COc1c(F)cccc1CNC(=O)c1nc(-c2cc(C)nc(C)c2)c(-c2ccc(F)cc2)nc1N. The highest BCUT2D eigenvalue weighted by atomic mass is 19.1. The third-order valence-corrected chi connectivity index (χ3v) is 5.30. The summed E-state index contributed by atoms with van der Waals surface area (Å²) in [5.41, 5.74) is 10.1. The molecule has 7 nitrogen and oxygen atoms in total. The van der Waals surface area contributed by atoms with Crippen molar-refractivity contribution in [2.24, 2.45) is 0 Å². The van der Waals surface area contributed by atoms with Crippen molar-refractivity contribution in [3.63, 3.8) is 0 Å². The number of anilines is 1. The van der Waals surface area contributed by atoms with E-state index in [1.165, 1.54) is 31.4 Å². The lowest BCUT2D eigenvalue weighted by atomic mass is 10.0. The number of nitrogen functional groups attached to an aromatic ring is 1. The number of nitrogens with zero attached hydrogens (tertiary/aromatic N) is 3. The van der Waals surface area contributed by atoms with Gasteiger partial charge in [-0.1, -0.05) is 12.1 Å². The van der Waals surface area contributed by atoms with Gasteiger partial charge in [0.25, 0.3) is 5.91 Å². The highest BCUT2D eigenvalue weighted by molar-refractivity contribution is 5.98. The van der Waals surface area contributed by atoms with Crippen LogP contribution in [-0.2, 0) is 6.54 Å². The number of aromatic nitrogens is 3. The minimum atomic E-state index is -0.587. The van der Waals surface area contributed by atoms with Crippen molar-refractivity contribution >= 4 is 11.7 Å². The molecule has 4 rings (SSSR count). The Labute approximate surface area is 201 Å². The molecule has 0 aliphatic rings. The van der Waals surface area contributed by atoms with Crippen molar-refractivity contribution in [1.82, 2.24) is 20.3 Å². The van der Waals surface area contributed by atoms with Gasteiger partial charge in [0, 0.05) is 34.6 Å². The highest BCUT2D eigenvalue weighted by Gasteiger charge is 2.21. The van der Waals surface area contributed by atoms with Crippen LogP contribution in [0.5, 0.6) is 5.75 Å². The van der Waals surface area contributed by atoms with Gasteiger partial charge in [-0.3, -0.25) is 9.78 Å². The number of para-hydroxylation sites is 1. The standard InChI is InChI=1S/C26H23F2N5O2/c1-14-11-18(12-15(2)31-14)22-21(16-7-9-19(27)10-8-16)33-25(29)23(32-22)26(34)30-13-17-5-4-6-20(28)24(17)35-3/h4-12H,13H2,1-3H3,(H2,29,33)(H,30,34). The van der Waals surface area contributed by atoms with Crippen LogP contribution in [0.3, 0.4) is 0 Å². The molecule has 0 fully saturated rings. The number of carbonyl (C=O) groups excluding carboxylic acids is 1. The Hall–Kier alpha value is -4.40. The molecule has 1 amide bonds. The van der Waals surface area contributed by atoms with Gasteiger partial charge in [-0.05, 0) is 56.3 Å². The van der Waals surface area contributed by atoms with Gasteiger partial charge < -0.3 is 15.8 Å². The Bertz CT molecular complexity index is 1390. The average molecular weight is 475 g/mol. The molecule has 0 unspecified atom stereocenters. The number of methoxy groups -OCH3 is 1. The lowest BCUT2D eigenvalue weighted by Crippen LogP contribution is -2.26. The topological polar surface area (TPSA) is 103 Å². The Morgan fingerprint density at radius 1 is 0.943 bits per heavy atom. The number of ether oxygens (including phenoxy) is 1. The molecule has 0 atom stereocenters. The lowest BCUT2D eigenvalue weighted by molar-refractivity contribution is 0.0946. The van der Waals surface area contributed by atoms with Gasteiger partial charge in [0.15, 0.2) is 23.1 Å². The maximum atomic E-state index is 14.0. The molecule has 9 heteroatoms. The maximum absolute atomic E-state index is 14.0. The van der Waals surface area contributed by atoms with Crippen molar-refractivity contribution in [2.45, 2.75) is 20.4 Å². The van der Waals surface area contributed by atoms with E-state index in [2.05, 4.69) is 20.3 Å². The molecule has 178 valence electrons. The summed E-state index contributed by atoms with van der Waals surface area (Å²) in [4.78, 5) is 26.5. The van der Waals surface area contributed by atoms with E-state index >= 15 is 0 Å². The van der Waals surface area contributed by atoms with E-state index < -0.39 is 17.5 Å². The van der Waals surface area contributed by atoms with Crippen LogP contribution in [-0.4, -0.2) is 28.0 Å². The van der Waals surface area contributed by atoms with Crippen molar-refractivity contribution in [2.75, 3.05) is 12.8 Å². The first kappa shape index (κ1) is 23.7. The summed E-state index contributed by atoms with van der Waals surface area (Å²) in [7, 11) is 1.35. The van der Waals surface area contributed by atoms with Crippen LogP contribution < -0.4 is 15.8 Å².